The molecule has 178 valence electrons. The Morgan fingerprint density at radius 3 is 2.65 bits per heavy atom. The van der Waals surface area contributed by atoms with E-state index in [-0.39, 0.29) is 28.3 Å². The number of carboxylic acid groups (broad SMARTS) is 1. The molecule has 2 aromatic heterocycles. The third-order valence-corrected chi connectivity index (χ3v) is 6.90. The van der Waals surface area contributed by atoms with Gasteiger partial charge in [-0.3, -0.25) is 4.79 Å². The van der Waals surface area contributed by atoms with E-state index < -0.39 is 33.3 Å². The van der Waals surface area contributed by atoms with Gasteiger partial charge >= 0.3 is 6.09 Å². The Labute approximate surface area is 199 Å². The summed E-state index contributed by atoms with van der Waals surface area (Å²) in [6, 6.07) is 8.01. The average molecular weight is 507 g/mol. The van der Waals surface area contributed by atoms with Gasteiger partial charge in [0.15, 0.2) is 0 Å². The van der Waals surface area contributed by atoms with Gasteiger partial charge < -0.3 is 14.6 Å². The molecule has 0 radical (unpaired) electrons. The third-order valence-electron chi connectivity index (χ3n) is 5.74. The van der Waals surface area contributed by atoms with Gasteiger partial charge in [0.05, 0.1) is 16.8 Å². The van der Waals surface area contributed by atoms with E-state index in [0.29, 0.717) is 24.1 Å². The summed E-state index contributed by atoms with van der Waals surface area (Å²) in [5.74, 6) is -0.924. The summed E-state index contributed by atoms with van der Waals surface area (Å²) < 4.78 is 39.3. The predicted octanol–water partition coefficient (Wildman–Crippen LogP) is 3.09. The van der Waals surface area contributed by atoms with E-state index in [2.05, 4.69) is 9.97 Å². The van der Waals surface area contributed by atoms with Crippen molar-refractivity contribution in [3.63, 3.8) is 0 Å². The minimum atomic E-state index is -3.64. The molecule has 0 aliphatic carbocycles. The van der Waals surface area contributed by atoms with Crippen molar-refractivity contribution in [2.24, 2.45) is 5.92 Å². The van der Waals surface area contributed by atoms with E-state index in [1.54, 1.807) is 12.1 Å². The lowest BCUT2D eigenvalue weighted by Gasteiger charge is -2.27. The lowest BCUT2D eigenvalue weighted by Crippen LogP contribution is -2.33. The van der Waals surface area contributed by atoms with Crippen LogP contribution in [0.2, 0.25) is 5.02 Å². The SMILES string of the molecule is CS(=O)(=O)c1nccc(-c2ccn([C@@H](c3ccc(Cl)c(F)c3)C3CCN(C(=O)O)C3)c(=O)c2)n1. The summed E-state index contributed by atoms with van der Waals surface area (Å²) >= 11 is 5.84. The van der Waals surface area contributed by atoms with Crippen LogP contribution in [0.4, 0.5) is 9.18 Å². The van der Waals surface area contributed by atoms with Gasteiger partial charge in [0.1, 0.15) is 5.82 Å². The second-order valence-electron chi connectivity index (χ2n) is 8.05. The van der Waals surface area contributed by atoms with Gasteiger partial charge in [-0.25, -0.2) is 27.6 Å². The maximum atomic E-state index is 14.3. The molecule has 1 fully saturated rings. The minimum absolute atomic E-state index is 0.0609. The molecule has 4 rings (SSSR count). The van der Waals surface area contributed by atoms with Gasteiger partial charge in [0.2, 0.25) is 15.0 Å². The number of hydrogen-bond donors (Lipinski definition) is 1. The number of amides is 1. The Balaban J connectivity index is 1.77. The lowest BCUT2D eigenvalue weighted by molar-refractivity contribution is 0.153. The molecule has 1 aromatic carbocycles. The highest BCUT2D eigenvalue weighted by molar-refractivity contribution is 7.90. The van der Waals surface area contributed by atoms with Crippen LogP contribution in [0.15, 0.2) is 58.7 Å². The molecule has 0 spiro atoms. The van der Waals surface area contributed by atoms with Gasteiger partial charge in [-0.15, -0.1) is 0 Å². The van der Waals surface area contributed by atoms with Crippen LogP contribution in [0.5, 0.6) is 0 Å². The van der Waals surface area contributed by atoms with Crippen LogP contribution in [0.1, 0.15) is 18.0 Å². The maximum Gasteiger partial charge on any atom is 0.407 e. The molecule has 1 unspecified atom stereocenters. The number of aromatic nitrogens is 3. The lowest BCUT2D eigenvalue weighted by atomic mass is 9.91. The monoisotopic (exact) mass is 506 g/mol. The first-order valence-electron chi connectivity index (χ1n) is 10.2. The highest BCUT2D eigenvalue weighted by Crippen LogP contribution is 2.34. The van der Waals surface area contributed by atoms with E-state index in [4.69, 9.17) is 11.6 Å². The topological polar surface area (TPSA) is 122 Å². The molecular weight excluding hydrogens is 487 g/mol. The number of benzene rings is 1. The Hall–Kier alpha value is -3.31. The van der Waals surface area contributed by atoms with Crippen LogP contribution < -0.4 is 5.56 Å². The summed E-state index contributed by atoms with van der Waals surface area (Å²) in [5, 5.41) is 8.94. The molecule has 1 aliphatic heterocycles. The highest BCUT2D eigenvalue weighted by atomic mass is 35.5. The summed E-state index contributed by atoms with van der Waals surface area (Å²) in [4.78, 5) is 33.7. The molecule has 0 bridgehead atoms. The first kappa shape index (κ1) is 23.8. The van der Waals surface area contributed by atoms with E-state index >= 15 is 0 Å². The first-order chi connectivity index (χ1) is 16.0. The Morgan fingerprint density at radius 1 is 1.26 bits per heavy atom. The van der Waals surface area contributed by atoms with E-state index in [1.165, 1.54) is 46.1 Å². The zero-order valence-corrected chi connectivity index (χ0v) is 19.5. The van der Waals surface area contributed by atoms with Gasteiger partial charge in [0.25, 0.3) is 5.56 Å². The normalized spacial score (nSPS) is 17.0. The molecule has 1 saturated heterocycles. The Bertz CT molecular complexity index is 1430. The zero-order chi connectivity index (χ0) is 24.6. The number of nitrogens with zero attached hydrogens (tertiary/aromatic N) is 4. The molecule has 0 saturated carbocycles. The van der Waals surface area contributed by atoms with Crippen LogP contribution in [0.3, 0.4) is 0 Å². The van der Waals surface area contributed by atoms with Crippen LogP contribution >= 0.6 is 11.6 Å². The second kappa shape index (κ2) is 9.15. The molecule has 3 heterocycles. The molecule has 1 N–H and O–H groups in total. The Morgan fingerprint density at radius 2 is 2.03 bits per heavy atom. The van der Waals surface area contributed by atoms with Crippen molar-refractivity contribution in [1.82, 2.24) is 19.4 Å². The number of sulfone groups is 1. The number of halogens is 2. The fourth-order valence-corrected chi connectivity index (χ4v) is 4.77. The summed E-state index contributed by atoms with van der Waals surface area (Å²) in [7, 11) is -3.64. The molecule has 9 nitrogen and oxygen atoms in total. The quantitative estimate of drug-likeness (QED) is 0.527. The minimum Gasteiger partial charge on any atom is -0.465 e. The van der Waals surface area contributed by atoms with Crippen LogP contribution in [0.25, 0.3) is 11.3 Å². The number of carbonyl (C=O) groups is 1. The predicted molar refractivity (Wildman–Crippen MR) is 122 cm³/mol. The largest absolute Gasteiger partial charge is 0.465 e. The summed E-state index contributed by atoms with van der Waals surface area (Å²) in [6.45, 7) is 0.483. The van der Waals surface area contributed by atoms with E-state index in [1.807, 2.05) is 0 Å². The highest BCUT2D eigenvalue weighted by Gasteiger charge is 2.34. The van der Waals surface area contributed by atoms with Gasteiger partial charge in [-0.1, -0.05) is 17.7 Å². The van der Waals surface area contributed by atoms with Crippen molar-refractivity contribution in [3.05, 3.63) is 75.5 Å². The maximum absolute atomic E-state index is 14.3. The summed E-state index contributed by atoms with van der Waals surface area (Å²) in [5.41, 5.74) is 0.682. The number of pyridine rings is 1. The molecule has 12 heteroatoms. The molecule has 1 amide bonds. The smallest absolute Gasteiger partial charge is 0.407 e. The zero-order valence-electron chi connectivity index (χ0n) is 17.9. The van der Waals surface area contributed by atoms with Crippen molar-refractivity contribution in [3.8, 4) is 11.3 Å². The fourth-order valence-electron chi connectivity index (χ4n) is 4.13. The molecular formula is C22H20ClFN4O5S. The van der Waals surface area contributed by atoms with Crippen molar-refractivity contribution in [1.29, 1.82) is 0 Å². The van der Waals surface area contributed by atoms with E-state index in [9.17, 15) is 27.5 Å². The van der Waals surface area contributed by atoms with Crippen molar-refractivity contribution >= 4 is 27.5 Å². The first-order valence-corrected chi connectivity index (χ1v) is 12.5. The standard InChI is InChI=1S/C22H20ClFN4O5S/c1-34(32,33)21-25-7-4-18(26-21)13-6-9-28(19(29)11-13)20(14-2-3-16(23)17(24)10-14)15-5-8-27(12-15)22(30)31/h2-4,6-7,9-11,15,20H,5,8,12H2,1H3,(H,30,31)/t15?,20-/m0/s1. The van der Waals surface area contributed by atoms with Gasteiger partial charge in [-0.05, 0) is 36.2 Å². The molecule has 3 aromatic rings. The van der Waals surface area contributed by atoms with Gasteiger partial charge in [0, 0.05) is 49.3 Å². The molecule has 34 heavy (non-hydrogen) atoms. The van der Waals surface area contributed by atoms with Crippen molar-refractivity contribution in [2.75, 3.05) is 19.3 Å². The number of likely N-dealkylation sites (tertiary alicyclic amines) is 1. The number of rotatable bonds is 5. The molecule has 2 atom stereocenters. The average Bonchev–Trinajstić information content (AvgIpc) is 3.27. The Kier molecular flexibility index (Phi) is 6.41. The van der Waals surface area contributed by atoms with E-state index in [0.717, 1.165) is 6.26 Å². The summed E-state index contributed by atoms with van der Waals surface area (Å²) in [6.07, 6.45) is 3.22. The van der Waals surface area contributed by atoms with Gasteiger partial charge in [-0.2, -0.15) is 0 Å². The van der Waals surface area contributed by atoms with Crippen molar-refractivity contribution in [2.45, 2.75) is 17.6 Å². The third kappa shape index (κ3) is 4.80. The number of hydrogen-bond acceptors (Lipinski definition) is 6. The van der Waals surface area contributed by atoms with Crippen LogP contribution in [-0.2, 0) is 9.84 Å². The molecule has 1 aliphatic rings. The second-order valence-corrected chi connectivity index (χ2v) is 10.4. The van der Waals surface area contributed by atoms with Crippen molar-refractivity contribution < 1.29 is 22.7 Å². The van der Waals surface area contributed by atoms with Crippen LogP contribution in [-0.4, -0.2) is 58.4 Å². The van der Waals surface area contributed by atoms with Crippen LogP contribution in [0, 0.1) is 11.7 Å². The fraction of sp³-hybridized carbons (Fsp3) is 0.273.